The van der Waals surface area contributed by atoms with Crippen molar-refractivity contribution < 1.29 is 14.7 Å². The molecule has 2 aromatic carbocycles. The van der Waals surface area contributed by atoms with Gasteiger partial charge in [0.15, 0.2) is 0 Å². The van der Waals surface area contributed by atoms with Gasteiger partial charge < -0.3 is 10.4 Å². The van der Waals surface area contributed by atoms with Crippen LogP contribution in [-0.2, 0) is 15.0 Å². The molecule has 26 heavy (non-hydrogen) atoms. The first kappa shape index (κ1) is 19.5. The summed E-state index contributed by atoms with van der Waals surface area (Å²) in [7, 11) is 0. The van der Waals surface area contributed by atoms with Gasteiger partial charge in [-0.1, -0.05) is 30.3 Å². The molecular weight excluding hydrogens is 348 g/mol. The summed E-state index contributed by atoms with van der Waals surface area (Å²) < 4.78 is 0. The average Bonchev–Trinajstić information content (AvgIpc) is 2.59. The van der Waals surface area contributed by atoms with Gasteiger partial charge in [0.2, 0.25) is 5.91 Å². The lowest BCUT2D eigenvalue weighted by molar-refractivity contribution is -0.145. The first-order chi connectivity index (χ1) is 12.3. The number of nitrogens with one attached hydrogen (secondary N) is 1. The highest BCUT2D eigenvalue weighted by molar-refractivity contribution is 8.03. The van der Waals surface area contributed by atoms with Crippen molar-refractivity contribution in [1.82, 2.24) is 0 Å². The number of hydrogen-bond donors (Lipinski definition) is 2. The maximum Gasteiger partial charge on any atom is 0.314 e. The van der Waals surface area contributed by atoms with Gasteiger partial charge in [-0.05, 0) is 61.4 Å². The zero-order chi connectivity index (χ0) is 19.3. The molecule has 134 valence electrons. The van der Waals surface area contributed by atoms with E-state index in [4.69, 9.17) is 5.26 Å². The molecule has 6 heteroatoms. The molecule has 0 bridgehead atoms. The predicted molar refractivity (Wildman–Crippen MR) is 102 cm³/mol. The van der Waals surface area contributed by atoms with Crippen LogP contribution in [0.25, 0.3) is 0 Å². The fourth-order valence-corrected chi connectivity index (χ4v) is 3.42. The van der Waals surface area contributed by atoms with Gasteiger partial charge in [-0.25, -0.2) is 0 Å². The summed E-state index contributed by atoms with van der Waals surface area (Å²) in [5.74, 6) is -1.42. The van der Waals surface area contributed by atoms with Crippen LogP contribution in [0.4, 0.5) is 5.69 Å². The van der Waals surface area contributed by atoms with Crippen molar-refractivity contribution in [2.75, 3.05) is 5.32 Å². The van der Waals surface area contributed by atoms with Gasteiger partial charge in [-0.2, -0.15) is 5.26 Å². The summed E-state index contributed by atoms with van der Waals surface area (Å²) in [4.78, 5) is 25.2. The largest absolute Gasteiger partial charge is 0.481 e. The maximum atomic E-state index is 12.6. The van der Waals surface area contributed by atoms with Crippen LogP contribution in [0.1, 0.15) is 30.0 Å². The number of hydrogen-bond acceptors (Lipinski definition) is 4. The fourth-order valence-electron chi connectivity index (χ4n) is 2.84. The van der Waals surface area contributed by atoms with E-state index in [0.717, 1.165) is 27.8 Å². The van der Waals surface area contributed by atoms with E-state index in [1.807, 2.05) is 31.4 Å². The number of carbonyl (C=O) groups is 2. The van der Waals surface area contributed by atoms with Gasteiger partial charge in [0.05, 0.1) is 5.41 Å². The van der Waals surface area contributed by atoms with Crippen LogP contribution in [0, 0.1) is 24.5 Å². The third kappa shape index (κ3) is 4.24. The topological polar surface area (TPSA) is 90.2 Å². The Bertz CT molecular complexity index is 851. The number of amides is 1. The summed E-state index contributed by atoms with van der Waals surface area (Å²) in [6.07, 6.45) is -0.181. The molecule has 5 nitrogen and oxygen atoms in total. The Balaban J connectivity index is 2.25. The summed E-state index contributed by atoms with van der Waals surface area (Å²) >= 11 is 1.06. The number of carbonyl (C=O) groups excluding carboxylic acids is 1. The Labute approximate surface area is 157 Å². The summed E-state index contributed by atoms with van der Waals surface area (Å²) in [6, 6.07) is 12.4. The Morgan fingerprint density at radius 1 is 1.19 bits per heavy atom. The number of aryl methyl sites for hydroxylation is 2. The second-order valence-corrected chi connectivity index (χ2v) is 7.21. The van der Waals surface area contributed by atoms with Crippen LogP contribution >= 0.6 is 11.8 Å². The average molecular weight is 368 g/mol. The Morgan fingerprint density at radius 3 is 2.27 bits per heavy atom. The number of rotatable bonds is 6. The van der Waals surface area contributed by atoms with Gasteiger partial charge in [-0.3, -0.25) is 9.59 Å². The van der Waals surface area contributed by atoms with Gasteiger partial charge in [0.25, 0.3) is 0 Å². The van der Waals surface area contributed by atoms with Crippen LogP contribution in [-0.4, -0.2) is 17.0 Å². The minimum absolute atomic E-state index is 0.181. The first-order valence-electron chi connectivity index (χ1n) is 8.04. The van der Waals surface area contributed by atoms with Gasteiger partial charge in [0.1, 0.15) is 5.40 Å². The van der Waals surface area contributed by atoms with Crippen molar-refractivity contribution in [1.29, 1.82) is 5.26 Å². The second kappa shape index (κ2) is 8.07. The van der Waals surface area contributed by atoms with Crippen molar-refractivity contribution >= 4 is 29.3 Å². The van der Waals surface area contributed by atoms with E-state index in [9.17, 15) is 14.7 Å². The minimum Gasteiger partial charge on any atom is -0.481 e. The molecule has 0 unspecified atom stereocenters. The molecule has 0 aliphatic heterocycles. The van der Waals surface area contributed by atoms with Gasteiger partial charge >= 0.3 is 5.97 Å². The highest BCUT2D eigenvalue weighted by Gasteiger charge is 2.37. The van der Waals surface area contributed by atoms with Crippen LogP contribution < -0.4 is 5.32 Å². The third-order valence-corrected chi connectivity index (χ3v) is 4.89. The smallest absolute Gasteiger partial charge is 0.314 e. The maximum absolute atomic E-state index is 12.6. The number of anilines is 1. The lowest BCUT2D eigenvalue weighted by Gasteiger charge is -2.25. The molecule has 0 aliphatic rings. The van der Waals surface area contributed by atoms with E-state index in [0.29, 0.717) is 11.3 Å². The number of thioether (sulfide) groups is 1. The molecule has 2 rings (SSSR count). The molecule has 2 aromatic rings. The van der Waals surface area contributed by atoms with Crippen LogP contribution in [0.15, 0.2) is 47.4 Å². The number of nitriles is 1. The lowest BCUT2D eigenvalue weighted by atomic mass is 9.79. The third-order valence-electron chi connectivity index (χ3n) is 4.33. The number of carboxylic acid groups (broad SMARTS) is 1. The highest BCUT2D eigenvalue weighted by Crippen LogP contribution is 2.31. The number of thiocyanates is 1. The zero-order valence-electron chi connectivity index (χ0n) is 14.9. The van der Waals surface area contributed by atoms with E-state index in [1.54, 1.807) is 37.3 Å². The molecule has 0 heterocycles. The number of aliphatic carboxylic acids is 1. The summed E-state index contributed by atoms with van der Waals surface area (Å²) in [6.45, 7) is 5.24. The van der Waals surface area contributed by atoms with E-state index < -0.39 is 11.4 Å². The van der Waals surface area contributed by atoms with Crippen molar-refractivity contribution in [3.63, 3.8) is 0 Å². The zero-order valence-corrected chi connectivity index (χ0v) is 15.7. The minimum atomic E-state index is -1.32. The van der Waals surface area contributed by atoms with Gasteiger partial charge in [-0.15, -0.1) is 0 Å². The first-order valence-corrected chi connectivity index (χ1v) is 8.85. The molecule has 1 atom stereocenters. The van der Waals surface area contributed by atoms with E-state index in [1.165, 1.54) is 0 Å². The normalized spacial score (nSPS) is 12.7. The van der Waals surface area contributed by atoms with Crippen LogP contribution in [0.5, 0.6) is 0 Å². The Morgan fingerprint density at radius 2 is 1.77 bits per heavy atom. The predicted octanol–water partition coefficient (Wildman–Crippen LogP) is 4.25. The molecule has 1 amide bonds. The lowest BCUT2D eigenvalue weighted by Crippen LogP contribution is -2.36. The number of carboxylic acids is 1. The molecular formula is C20H20N2O3S. The van der Waals surface area contributed by atoms with Crippen molar-refractivity contribution in [3.05, 3.63) is 59.2 Å². The standard InChI is InChI=1S/C20H20N2O3S/c1-13-9-16(26-12-21)10-14(2)18(13)22-17(23)11-20(3,19(24)25)15-7-5-4-6-8-15/h4-10H,11H2,1-3H3,(H,22,23)(H,24,25)/t20-/m0/s1. The quantitative estimate of drug-likeness (QED) is 0.588. The number of benzene rings is 2. The van der Waals surface area contributed by atoms with E-state index >= 15 is 0 Å². The van der Waals surface area contributed by atoms with E-state index in [-0.39, 0.29) is 12.3 Å². The SMILES string of the molecule is Cc1cc(SC#N)cc(C)c1NC(=O)C[C@](C)(C(=O)O)c1ccccc1. The highest BCUT2D eigenvalue weighted by atomic mass is 32.2. The van der Waals surface area contributed by atoms with Crippen molar-refractivity contribution in [3.8, 4) is 5.40 Å². The molecule has 2 N–H and O–H groups in total. The van der Waals surface area contributed by atoms with Crippen LogP contribution in [0.3, 0.4) is 0 Å². The molecule has 0 saturated carbocycles. The Kier molecular flexibility index (Phi) is 6.06. The molecule has 0 spiro atoms. The molecule has 0 radical (unpaired) electrons. The molecule has 0 aromatic heterocycles. The fraction of sp³-hybridized carbons (Fsp3) is 0.250. The number of nitrogens with zero attached hydrogens (tertiary/aromatic N) is 1. The molecule has 0 aliphatic carbocycles. The van der Waals surface area contributed by atoms with E-state index in [2.05, 4.69) is 5.32 Å². The molecule has 0 saturated heterocycles. The van der Waals surface area contributed by atoms with Crippen molar-refractivity contribution in [2.24, 2.45) is 0 Å². The Hall–Kier alpha value is -2.78. The molecule has 0 fully saturated rings. The summed E-state index contributed by atoms with van der Waals surface area (Å²) in [5, 5.41) is 23.3. The van der Waals surface area contributed by atoms with Gasteiger partial charge in [0, 0.05) is 17.0 Å². The van der Waals surface area contributed by atoms with Crippen LogP contribution in [0.2, 0.25) is 0 Å². The second-order valence-electron chi connectivity index (χ2n) is 6.35. The summed E-state index contributed by atoms with van der Waals surface area (Å²) in [5.41, 5.74) is 1.57. The van der Waals surface area contributed by atoms with Crippen molar-refractivity contribution in [2.45, 2.75) is 37.5 Å². The monoisotopic (exact) mass is 368 g/mol.